The van der Waals surface area contributed by atoms with Crippen molar-refractivity contribution in [1.82, 2.24) is 14.6 Å². The minimum atomic E-state index is -0.312. The number of amides is 1. The zero-order valence-corrected chi connectivity index (χ0v) is 17.2. The first-order chi connectivity index (χ1) is 13.4. The normalized spacial score (nSPS) is 12.4. The number of fused-ring (bicyclic) bond motifs is 3. The molecule has 0 aliphatic carbocycles. The standard InChI is InChI=1S/C22H22N4OS/c1-13-9-10-18(15(3)11-13)23-21(27)16(4)28-22-25-24-20-12-14(2)17-7-5-6-8-19(17)26(20)22/h5-12,16H,1-4H3,(H,23,27). The van der Waals surface area contributed by atoms with Crippen LogP contribution in [0.4, 0.5) is 5.69 Å². The van der Waals surface area contributed by atoms with Crippen LogP contribution in [0.3, 0.4) is 0 Å². The molecule has 1 unspecified atom stereocenters. The number of anilines is 1. The van der Waals surface area contributed by atoms with Crippen LogP contribution in [-0.4, -0.2) is 25.8 Å². The van der Waals surface area contributed by atoms with Crippen molar-refractivity contribution in [2.75, 3.05) is 5.32 Å². The number of para-hydroxylation sites is 1. The van der Waals surface area contributed by atoms with Crippen molar-refractivity contribution in [3.05, 3.63) is 65.2 Å². The molecular formula is C22H22N4OS. The molecule has 5 nitrogen and oxygen atoms in total. The Kier molecular flexibility index (Phi) is 4.81. The number of benzene rings is 2. The number of nitrogens with zero attached hydrogens (tertiary/aromatic N) is 3. The maximum Gasteiger partial charge on any atom is 0.237 e. The molecule has 6 heteroatoms. The monoisotopic (exact) mass is 390 g/mol. The lowest BCUT2D eigenvalue weighted by molar-refractivity contribution is -0.115. The van der Waals surface area contributed by atoms with Crippen molar-refractivity contribution in [3.63, 3.8) is 0 Å². The Morgan fingerprint density at radius 3 is 2.61 bits per heavy atom. The summed E-state index contributed by atoms with van der Waals surface area (Å²) in [7, 11) is 0. The lowest BCUT2D eigenvalue weighted by Gasteiger charge is -2.14. The second-order valence-corrected chi connectivity index (χ2v) is 8.40. The Hall–Kier alpha value is -2.86. The van der Waals surface area contributed by atoms with E-state index in [1.807, 2.05) is 55.5 Å². The van der Waals surface area contributed by atoms with E-state index in [1.54, 1.807) is 0 Å². The Labute approximate surface area is 168 Å². The third kappa shape index (κ3) is 3.36. The molecule has 142 valence electrons. The number of hydrogen-bond acceptors (Lipinski definition) is 4. The third-order valence-corrected chi connectivity index (χ3v) is 5.91. The SMILES string of the molecule is Cc1ccc(NC(=O)C(C)Sc2nnc3cc(C)c4ccccc4n23)c(C)c1. The van der Waals surface area contributed by atoms with Crippen LogP contribution in [0, 0.1) is 20.8 Å². The van der Waals surface area contributed by atoms with Gasteiger partial charge in [0.15, 0.2) is 10.8 Å². The molecule has 1 atom stereocenters. The van der Waals surface area contributed by atoms with Crippen molar-refractivity contribution in [3.8, 4) is 0 Å². The first kappa shape index (κ1) is 18.5. The zero-order valence-electron chi connectivity index (χ0n) is 16.4. The van der Waals surface area contributed by atoms with Gasteiger partial charge >= 0.3 is 0 Å². The summed E-state index contributed by atoms with van der Waals surface area (Å²) in [5.41, 5.74) is 6.07. The van der Waals surface area contributed by atoms with Gasteiger partial charge in [0, 0.05) is 11.1 Å². The molecule has 4 aromatic rings. The maximum absolute atomic E-state index is 12.7. The van der Waals surface area contributed by atoms with Gasteiger partial charge in [-0.3, -0.25) is 9.20 Å². The van der Waals surface area contributed by atoms with Crippen molar-refractivity contribution in [2.45, 2.75) is 38.1 Å². The van der Waals surface area contributed by atoms with E-state index < -0.39 is 0 Å². The summed E-state index contributed by atoms with van der Waals surface area (Å²) in [4.78, 5) is 12.7. The average Bonchev–Trinajstić information content (AvgIpc) is 3.06. The second-order valence-electron chi connectivity index (χ2n) is 7.09. The molecule has 1 amide bonds. The number of nitrogens with one attached hydrogen (secondary N) is 1. The molecule has 28 heavy (non-hydrogen) atoms. The van der Waals surface area contributed by atoms with E-state index in [-0.39, 0.29) is 11.2 Å². The molecule has 0 aliphatic heterocycles. The van der Waals surface area contributed by atoms with Gasteiger partial charge in [0.1, 0.15) is 0 Å². The summed E-state index contributed by atoms with van der Waals surface area (Å²) < 4.78 is 2.02. The highest BCUT2D eigenvalue weighted by Crippen LogP contribution is 2.28. The molecule has 0 bridgehead atoms. The number of aryl methyl sites for hydroxylation is 3. The van der Waals surface area contributed by atoms with Gasteiger partial charge in [-0.1, -0.05) is 47.7 Å². The number of carbonyl (C=O) groups is 1. The van der Waals surface area contributed by atoms with Crippen LogP contribution in [0.25, 0.3) is 16.6 Å². The predicted octanol–water partition coefficient (Wildman–Crippen LogP) is 4.93. The maximum atomic E-state index is 12.7. The number of aromatic nitrogens is 3. The van der Waals surface area contributed by atoms with Gasteiger partial charge < -0.3 is 5.32 Å². The van der Waals surface area contributed by atoms with E-state index in [2.05, 4.69) is 40.6 Å². The van der Waals surface area contributed by atoms with Crippen molar-refractivity contribution < 1.29 is 4.79 Å². The van der Waals surface area contributed by atoms with Crippen LogP contribution in [0.15, 0.2) is 53.7 Å². The van der Waals surface area contributed by atoms with Crippen molar-refractivity contribution >= 4 is 39.9 Å². The lowest BCUT2D eigenvalue weighted by atomic mass is 10.1. The van der Waals surface area contributed by atoms with Gasteiger partial charge in [-0.2, -0.15) is 0 Å². The fourth-order valence-electron chi connectivity index (χ4n) is 3.35. The van der Waals surface area contributed by atoms with Gasteiger partial charge in [0.05, 0.1) is 10.8 Å². The molecule has 0 aliphatic rings. The molecule has 0 saturated carbocycles. The summed E-state index contributed by atoms with van der Waals surface area (Å²) in [6.07, 6.45) is 0. The van der Waals surface area contributed by atoms with E-state index in [4.69, 9.17) is 0 Å². The summed E-state index contributed by atoms with van der Waals surface area (Å²) in [5, 5.41) is 13.2. The van der Waals surface area contributed by atoms with Crippen molar-refractivity contribution in [2.24, 2.45) is 0 Å². The Bertz CT molecular complexity index is 1200. The van der Waals surface area contributed by atoms with Gasteiger partial charge in [-0.15, -0.1) is 10.2 Å². The summed E-state index contributed by atoms with van der Waals surface area (Å²) in [6, 6.07) is 16.2. The van der Waals surface area contributed by atoms with Crippen LogP contribution in [0.1, 0.15) is 23.6 Å². The van der Waals surface area contributed by atoms with Crippen LogP contribution in [0.5, 0.6) is 0 Å². The fourth-order valence-corrected chi connectivity index (χ4v) is 4.22. The van der Waals surface area contributed by atoms with Gasteiger partial charge in [0.2, 0.25) is 5.91 Å². The molecule has 2 aromatic heterocycles. The number of carbonyl (C=O) groups excluding carboxylic acids is 1. The molecule has 2 aromatic carbocycles. The number of pyridine rings is 1. The minimum absolute atomic E-state index is 0.0508. The minimum Gasteiger partial charge on any atom is -0.325 e. The highest BCUT2D eigenvalue weighted by molar-refractivity contribution is 8.00. The van der Waals surface area contributed by atoms with Crippen LogP contribution in [0.2, 0.25) is 0 Å². The summed E-state index contributed by atoms with van der Waals surface area (Å²) >= 11 is 1.41. The smallest absolute Gasteiger partial charge is 0.237 e. The van der Waals surface area contributed by atoms with Crippen LogP contribution in [-0.2, 0) is 4.79 Å². The Morgan fingerprint density at radius 2 is 1.82 bits per heavy atom. The van der Waals surface area contributed by atoms with Crippen LogP contribution < -0.4 is 5.32 Å². The van der Waals surface area contributed by atoms with Crippen LogP contribution >= 0.6 is 11.8 Å². The molecule has 0 radical (unpaired) electrons. The topological polar surface area (TPSA) is 59.3 Å². The summed E-state index contributed by atoms with van der Waals surface area (Å²) in [5.74, 6) is -0.0508. The number of rotatable bonds is 4. The predicted molar refractivity (Wildman–Crippen MR) is 115 cm³/mol. The highest BCUT2D eigenvalue weighted by atomic mass is 32.2. The quantitative estimate of drug-likeness (QED) is 0.502. The molecular weight excluding hydrogens is 368 g/mol. The number of thioether (sulfide) groups is 1. The van der Waals surface area contributed by atoms with E-state index in [0.29, 0.717) is 0 Å². The molecule has 2 heterocycles. The summed E-state index contributed by atoms with van der Waals surface area (Å²) in [6.45, 7) is 8.01. The van der Waals surface area contributed by atoms with Gasteiger partial charge in [-0.05, 0) is 57.0 Å². The largest absolute Gasteiger partial charge is 0.325 e. The molecule has 1 N–H and O–H groups in total. The fraction of sp³-hybridized carbons (Fsp3) is 0.227. The molecule has 0 saturated heterocycles. The Morgan fingerprint density at radius 1 is 1.04 bits per heavy atom. The van der Waals surface area contributed by atoms with E-state index >= 15 is 0 Å². The molecule has 4 rings (SSSR count). The van der Waals surface area contributed by atoms with E-state index in [0.717, 1.165) is 38.5 Å². The average molecular weight is 391 g/mol. The molecule has 0 spiro atoms. The second kappa shape index (κ2) is 7.28. The first-order valence-corrected chi connectivity index (χ1v) is 10.1. The zero-order chi connectivity index (χ0) is 19.8. The highest BCUT2D eigenvalue weighted by Gasteiger charge is 2.20. The first-order valence-electron chi connectivity index (χ1n) is 9.22. The van der Waals surface area contributed by atoms with Crippen molar-refractivity contribution in [1.29, 1.82) is 0 Å². The van der Waals surface area contributed by atoms with E-state index in [1.165, 1.54) is 17.3 Å². The third-order valence-electron chi connectivity index (χ3n) is 4.86. The van der Waals surface area contributed by atoms with Gasteiger partial charge in [-0.25, -0.2) is 0 Å². The van der Waals surface area contributed by atoms with E-state index in [9.17, 15) is 4.79 Å². The van der Waals surface area contributed by atoms with Gasteiger partial charge in [0.25, 0.3) is 0 Å². The lowest BCUT2D eigenvalue weighted by Crippen LogP contribution is -2.23. The molecule has 0 fully saturated rings. The number of hydrogen-bond donors (Lipinski definition) is 1. The Balaban J connectivity index is 1.62.